The largest absolute Gasteiger partial charge is 0.573 e. The third kappa shape index (κ3) is 3.20. The van der Waals surface area contributed by atoms with Crippen LogP contribution in [0.15, 0.2) is 6.07 Å². The Kier molecular flexibility index (Phi) is 3.91. The SMILES string of the molecule is COc1nc(CO)c([N+](=O)[O-])cc1OC(F)(F)F. The number of halogens is 3. The molecule has 1 rings (SSSR count). The van der Waals surface area contributed by atoms with Crippen LogP contribution in [0.2, 0.25) is 0 Å². The fourth-order valence-corrected chi connectivity index (χ4v) is 1.12. The number of aliphatic hydroxyl groups is 1. The molecule has 0 bridgehead atoms. The molecule has 7 nitrogen and oxygen atoms in total. The van der Waals surface area contributed by atoms with E-state index in [0.717, 1.165) is 7.11 Å². The van der Waals surface area contributed by atoms with Crippen molar-refractivity contribution in [2.75, 3.05) is 7.11 Å². The molecular formula is C8H7F3N2O5. The topological polar surface area (TPSA) is 94.7 Å². The van der Waals surface area contributed by atoms with Crippen LogP contribution in [0.5, 0.6) is 11.6 Å². The van der Waals surface area contributed by atoms with Gasteiger partial charge < -0.3 is 14.6 Å². The first-order valence-electron chi connectivity index (χ1n) is 4.37. The van der Waals surface area contributed by atoms with E-state index in [1.54, 1.807) is 0 Å². The minimum Gasteiger partial charge on any atom is -0.478 e. The highest BCUT2D eigenvalue weighted by atomic mass is 19.4. The standard InChI is InChI=1S/C8H7F3N2O5/c1-17-7-6(18-8(9,10)11)2-5(13(15)16)4(3-14)12-7/h2,14H,3H2,1H3. The maximum atomic E-state index is 12.0. The van der Waals surface area contributed by atoms with E-state index in [4.69, 9.17) is 5.11 Å². The Morgan fingerprint density at radius 3 is 2.56 bits per heavy atom. The summed E-state index contributed by atoms with van der Waals surface area (Å²) in [4.78, 5) is 13.0. The zero-order chi connectivity index (χ0) is 13.9. The Balaban J connectivity index is 3.32. The van der Waals surface area contributed by atoms with E-state index < -0.39 is 40.9 Å². The number of hydrogen-bond donors (Lipinski definition) is 1. The molecule has 10 heteroatoms. The van der Waals surface area contributed by atoms with Gasteiger partial charge in [-0.25, -0.2) is 4.98 Å². The number of nitro groups is 1. The van der Waals surface area contributed by atoms with Gasteiger partial charge in [-0.3, -0.25) is 10.1 Å². The summed E-state index contributed by atoms with van der Waals surface area (Å²) in [6.45, 7) is -0.820. The molecule has 1 heterocycles. The summed E-state index contributed by atoms with van der Waals surface area (Å²) in [5.41, 5.74) is -1.22. The van der Waals surface area contributed by atoms with Crippen molar-refractivity contribution in [1.82, 2.24) is 4.98 Å². The first kappa shape index (κ1) is 14.0. The predicted molar refractivity (Wildman–Crippen MR) is 50.0 cm³/mol. The molecule has 0 aliphatic heterocycles. The third-order valence-corrected chi connectivity index (χ3v) is 1.78. The summed E-state index contributed by atoms with van der Waals surface area (Å²) in [7, 11) is 1.01. The van der Waals surface area contributed by atoms with Crippen molar-refractivity contribution in [3.05, 3.63) is 21.9 Å². The van der Waals surface area contributed by atoms with Crippen molar-refractivity contribution in [3.63, 3.8) is 0 Å². The number of nitrogens with zero attached hydrogens (tertiary/aromatic N) is 2. The van der Waals surface area contributed by atoms with Gasteiger partial charge in [-0.15, -0.1) is 13.2 Å². The van der Waals surface area contributed by atoms with Crippen LogP contribution in [-0.4, -0.2) is 28.5 Å². The van der Waals surface area contributed by atoms with Gasteiger partial charge in [0.1, 0.15) is 5.69 Å². The van der Waals surface area contributed by atoms with Gasteiger partial charge in [0, 0.05) is 0 Å². The summed E-state index contributed by atoms with van der Waals surface area (Å²) in [6, 6.07) is 0.491. The number of pyridine rings is 1. The number of hydrogen-bond acceptors (Lipinski definition) is 6. The second-order valence-corrected chi connectivity index (χ2v) is 2.92. The van der Waals surface area contributed by atoms with Gasteiger partial charge in [-0.05, 0) is 0 Å². The van der Waals surface area contributed by atoms with Crippen molar-refractivity contribution >= 4 is 5.69 Å². The first-order valence-corrected chi connectivity index (χ1v) is 4.37. The number of ether oxygens (including phenoxy) is 2. The minimum absolute atomic E-state index is 0.425. The molecule has 0 aliphatic carbocycles. The summed E-state index contributed by atoms with van der Waals surface area (Å²) in [5.74, 6) is -1.56. The Labute approximate surface area is 97.9 Å². The molecule has 0 atom stereocenters. The number of methoxy groups -OCH3 is 1. The highest BCUT2D eigenvalue weighted by Gasteiger charge is 2.34. The molecule has 0 spiro atoms. The minimum atomic E-state index is -5.04. The Morgan fingerprint density at radius 2 is 2.17 bits per heavy atom. The molecule has 0 fully saturated rings. The average molecular weight is 268 g/mol. The predicted octanol–water partition coefficient (Wildman–Crippen LogP) is 1.39. The van der Waals surface area contributed by atoms with Crippen molar-refractivity contribution in [3.8, 4) is 11.6 Å². The molecule has 1 N–H and O–H groups in total. The second-order valence-electron chi connectivity index (χ2n) is 2.92. The molecule has 0 aromatic carbocycles. The van der Waals surface area contributed by atoms with Gasteiger partial charge >= 0.3 is 6.36 Å². The fraction of sp³-hybridized carbons (Fsp3) is 0.375. The average Bonchev–Trinajstić information content (AvgIpc) is 2.26. The molecule has 18 heavy (non-hydrogen) atoms. The lowest BCUT2D eigenvalue weighted by Crippen LogP contribution is -2.18. The summed E-state index contributed by atoms with van der Waals surface area (Å²) >= 11 is 0. The second kappa shape index (κ2) is 5.04. The summed E-state index contributed by atoms with van der Waals surface area (Å²) in [5, 5.41) is 19.4. The van der Waals surface area contributed by atoms with Gasteiger partial charge in [0.25, 0.3) is 11.6 Å². The molecular weight excluding hydrogens is 261 g/mol. The number of rotatable bonds is 4. The fourth-order valence-electron chi connectivity index (χ4n) is 1.12. The molecule has 0 amide bonds. The van der Waals surface area contributed by atoms with E-state index in [0.29, 0.717) is 6.07 Å². The Morgan fingerprint density at radius 1 is 1.56 bits per heavy atom. The third-order valence-electron chi connectivity index (χ3n) is 1.78. The van der Waals surface area contributed by atoms with Gasteiger partial charge in [-0.2, -0.15) is 0 Å². The van der Waals surface area contributed by atoms with Crippen LogP contribution in [0, 0.1) is 10.1 Å². The molecule has 0 saturated heterocycles. The van der Waals surface area contributed by atoms with Crippen LogP contribution in [0.25, 0.3) is 0 Å². The zero-order valence-electron chi connectivity index (χ0n) is 8.89. The van der Waals surface area contributed by atoms with E-state index >= 15 is 0 Å². The molecule has 100 valence electrons. The molecule has 0 radical (unpaired) electrons. The first-order chi connectivity index (χ1) is 8.28. The van der Waals surface area contributed by atoms with Crippen molar-refractivity contribution in [1.29, 1.82) is 0 Å². The summed E-state index contributed by atoms with van der Waals surface area (Å²) < 4.78 is 44.2. The van der Waals surface area contributed by atoms with E-state index in [2.05, 4.69) is 14.5 Å². The summed E-state index contributed by atoms with van der Waals surface area (Å²) in [6.07, 6.45) is -5.04. The lowest BCUT2D eigenvalue weighted by atomic mass is 10.3. The van der Waals surface area contributed by atoms with Gasteiger partial charge in [0.05, 0.1) is 24.7 Å². The highest BCUT2D eigenvalue weighted by molar-refractivity contribution is 5.47. The van der Waals surface area contributed by atoms with Crippen LogP contribution < -0.4 is 9.47 Å². The van der Waals surface area contributed by atoms with E-state index in [1.807, 2.05) is 0 Å². The molecule has 1 aromatic rings. The zero-order valence-corrected chi connectivity index (χ0v) is 8.89. The van der Waals surface area contributed by atoms with Crippen LogP contribution in [0.3, 0.4) is 0 Å². The van der Waals surface area contributed by atoms with Crippen LogP contribution in [0.4, 0.5) is 18.9 Å². The monoisotopic (exact) mass is 268 g/mol. The quantitative estimate of drug-likeness (QED) is 0.655. The van der Waals surface area contributed by atoms with Gasteiger partial charge in [0.15, 0.2) is 5.75 Å². The molecule has 0 aliphatic rings. The van der Waals surface area contributed by atoms with E-state index in [9.17, 15) is 23.3 Å². The van der Waals surface area contributed by atoms with Gasteiger partial charge in [0.2, 0.25) is 0 Å². The van der Waals surface area contributed by atoms with Gasteiger partial charge in [-0.1, -0.05) is 0 Å². The molecule has 1 aromatic heterocycles. The Bertz CT molecular complexity index is 463. The van der Waals surface area contributed by atoms with Crippen LogP contribution in [-0.2, 0) is 6.61 Å². The highest BCUT2D eigenvalue weighted by Crippen LogP contribution is 2.35. The molecule has 0 unspecified atom stereocenters. The number of aliphatic hydroxyl groups excluding tert-OH is 1. The maximum absolute atomic E-state index is 12.0. The van der Waals surface area contributed by atoms with E-state index in [-0.39, 0.29) is 0 Å². The number of aromatic nitrogens is 1. The normalized spacial score (nSPS) is 11.2. The molecule has 0 saturated carbocycles. The Hall–Kier alpha value is -2.10. The van der Waals surface area contributed by atoms with Crippen LogP contribution in [0.1, 0.15) is 5.69 Å². The number of alkyl halides is 3. The lowest BCUT2D eigenvalue weighted by molar-refractivity contribution is -0.386. The maximum Gasteiger partial charge on any atom is 0.573 e. The van der Waals surface area contributed by atoms with E-state index in [1.165, 1.54) is 0 Å². The lowest BCUT2D eigenvalue weighted by Gasteiger charge is -2.12. The van der Waals surface area contributed by atoms with Crippen molar-refractivity contribution in [2.45, 2.75) is 13.0 Å². The van der Waals surface area contributed by atoms with Crippen LogP contribution >= 0.6 is 0 Å². The van der Waals surface area contributed by atoms with Crippen molar-refractivity contribution in [2.24, 2.45) is 0 Å². The van der Waals surface area contributed by atoms with Crippen molar-refractivity contribution < 1.29 is 32.7 Å². The smallest absolute Gasteiger partial charge is 0.478 e.